The first-order valence-corrected chi connectivity index (χ1v) is 31.6. The number of hydrogen-bond acceptors (Lipinski definition) is 9. The van der Waals surface area contributed by atoms with Crippen LogP contribution in [0, 0.1) is 91.2 Å². The molecule has 10 aliphatic carbocycles. The fourth-order valence-corrected chi connectivity index (χ4v) is 23.6. The van der Waals surface area contributed by atoms with E-state index in [1.165, 1.54) is 56.1 Å². The van der Waals surface area contributed by atoms with Crippen LogP contribution in [-0.4, -0.2) is 81.1 Å². The van der Waals surface area contributed by atoms with Gasteiger partial charge in [0, 0.05) is 47.7 Å². The number of aliphatic hydroxyl groups excluding tert-OH is 2. The van der Waals surface area contributed by atoms with Gasteiger partial charge in [0.2, 0.25) is 0 Å². The maximum atomic E-state index is 16.9. The first-order valence-electron chi connectivity index (χ1n) is 31.6. The summed E-state index contributed by atoms with van der Waals surface area (Å²) in [6, 6.07) is 9.08. The number of carbonyl (C=O) groups is 1. The number of nitrogens with two attached hydrogens (primary N) is 1. The Bertz CT molecular complexity index is 2750. The Morgan fingerprint density at radius 2 is 1.68 bits per heavy atom. The van der Waals surface area contributed by atoms with Crippen molar-refractivity contribution in [1.29, 1.82) is 0 Å². The number of ether oxygens (including phenoxy) is 2. The highest BCUT2D eigenvalue weighted by molar-refractivity contribution is 6.01. The normalized spacial score (nSPS) is 47.3. The van der Waals surface area contributed by atoms with E-state index in [1.54, 1.807) is 0 Å². The highest BCUT2D eigenvalue weighted by Crippen LogP contribution is 2.84. The molecular formula is C68H94N2O7. The highest BCUT2D eigenvalue weighted by Gasteiger charge is 2.84. The molecule has 0 bridgehead atoms. The van der Waals surface area contributed by atoms with Crippen LogP contribution in [0.2, 0.25) is 0 Å². The van der Waals surface area contributed by atoms with Gasteiger partial charge in [0.15, 0.2) is 5.78 Å². The number of carbonyl (C=O) groups excluding carboxylic acids is 1. The number of allylic oxidation sites excluding steroid dienone is 3. The number of rotatable bonds is 8. The zero-order valence-corrected chi connectivity index (χ0v) is 47.6. The van der Waals surface area contributed by atoms with E-state index in [4.69, 9.17) is 15.2 Å². The number of ketones is 1. The molecule has 77 heavy (non-hydrogen) atoms. The molecule has 0 amide bonds. The van der Waals surface area contributed by atoms with Crippen LogP contribution in [0.5, 0.6) is 0 Å². The third kappa shape index (κ3) is 6.84. The minimum atomic E-state index is -1.39. The predicted octanol–water partition coefficient (Wildman–Crippen LogP) is 10.7. The molecule has 0 unspecified atom stereocenters. The largest absolute Gasteiger partial charge is 0.396 e. The van der Waals surface area contributed by atoms with Crippen LogP contribution in [0.4, 0.5) is 0 Å². The van der Waals surface area contributed by atoms with Gasteiger partial charge in [0.1, 0.15) is 17.8 Å². The summed E-state index contributed by atoms with van der Waals surface area (Å²) < 4.78 is 14.5. The zero-order chi connectivity index (χ0) is 53.4. The maximum absolute atomic E-state index is 16.9. The van der Waals surface area contributed by atoms with Crippen molar-refractivity contribution >= 4 is 5.78 Å². The second-order valence-corrected chi connectivity index (χ2v) is 30.4. The summed E-state index contributed by atoms with van der Waals surface area (Å²) in [5, 5.41) is 55.9. The van der Waals surface area contributed by atoms with Gasteiger partial charge in [-0.15, -0.1) is 0 Å². The fourth-order valence-electron chi connectivity index (χ4n) is 23.6. The van der Waals surface area contributed by atoms with Crippen LogP contribution < -0.4 is 11.1 Å². The monoisotopic (exact) mass is 1050 g/mol. The van der Waals surface area contributed by atoms with E-state index in [1.807, 2.05) is 19.9 Å². The molecule has 9 nitrogen and oxygen atoms in total. The molecule has 7 N–H and O–H groups in total. The van der Waals surface area contributed by atoms with Crippen molar-refractivity contribution in [3.8, 4) is 11.8 Å². The highest BCUT2D eigenvalue weighted by atomic mass is 16.6. The average molecular weight is 1050 g/mol. The van der Waals surface area contributed by atoms with Gasteiger partial charge in [-0.25, -0.2) is 0 Å². The summed E-state index contributed by atoms with van der Waals surface area (Å²) in [5.41, 5.74) is 6.14. The lowest BCUT2D eigenvalue weighted by Crippen LogP contribution is -2.74. The second kappa shape index (κ2) is 17.5. The number of fused-ring (bicyclic) bond motifs is 3. The topological polar surface area (TPSA) is 158 Å². The van der Waals surface area contributed by atoms with E-state index in [-0.39, 0.29) is 58.7 Å². The van der Waals surface area contributed by atoms with Gasteiger partial charge in [-0.3, -0.25) is 4.79 Å². The molecule has 1 aromatic carbocycles. The molecule has 18 atom stereocenters. The fraction of sp³-hybridized carbons (Fsp3) is 0.779. The molecule has 1 aromatic rings. The quantitative estimate of drug-likeness (QED) is 0.110. The van der Waals surface area contributed by atoms with E-state index >= 15 is 9.90 Å². The van der Waals surface area contributed by atoms with Gasteiger partial charge in [-0.05, 0) is 221 Å². The number of epoxide rings is 1. The van der Waals surface area contributed by atoms with Crippen molar-refractivity contribution in [2.24, 2.45) is 85.1 Å². The molecule has 9 fully saturated rings. The molecule has 0 radical (unpaired) electrons. The van der Waals surface area contributed by atoms with Crippen LogP contribution in [0.1, 0.15) is 193 Å². The summed E-state index contributed by atoms with van der Waals surface area (Å²) >= 11 is 0. The first kappa shape index (κ1) is 52.1. The first-order chi connectivity index (χ1) is 36.8. The molecule has 13 aliphatic rings. The van der Waals surface area contributed by atoms with Crippen LogP contribution in [-0.2, 0) is 27.1 Å². The number of Topliss-reactive ketones (excluding diaryl/α,β-unsaturated/α-hetero) is 1. The molecule has 4 spiro atoms. The summed E-state index contributed by atoms with van der Waals surface area (Å²) in [7, 11) is 0. The predicted molar refractivity (Wildman–Crippen MR) is 298 cm³/mol. The third-order valence-corrected chi connectivity index (χ3v) is 27.4. The number of benzene rings is 1. The van der Waals surface area contributed by atoms with Gasteiger partial charge >= 0.3 is 0 Å². The molecule has 418 valence electrons. The molecule has 0 aromatic heterocycles. The summed E-state index contributed by atoms with van der Waals surface area (Å²) in [6.45, 7) is 12.3. The van der Waals surface area contributed by atoms with Crippen LogP contribution in [0.15, 0.2) is 59.0 Å². The van der Waals surface area contributed by atoms with Crippen LogP contribution in [0.3, 0.4) is 0 Å². The summed E-state index contributed by atoms with van der Waals surface area (Å²) in [4.78, 5) is 16.9. The van der Waals surface area contributed by atoms with Crippen molar-refractivity contribution in [2.45, 2.75) is 230 Å². The Balaban J connectivity index is 0.925. The third-order valence-electron chi connectivity index (χ3n) is 27.4. The standard InChI is InChI=1S/C68H94N2O7/c1-42-23-34-76-67(37-42,58-57(77-58)62(5,74)59(2,41-71)28-21-43-22-33-70-52(69)35-43)50-36-47-19-20-48-54-53-46(38-60(50,3)68(47,54)75)18-17-45-14-7-6-13-44(45)15-12-16-49-64(30-29-63(40-64)24-8-9-25-63)31-32-66(49)39-51(72)65(26-10-11-27-65)56(55(48)73)61(53,66)4/h6-7,13-14,22,35,42,46-47,49-51,53,56-58,70-72,74-75H,8-11,15,17-21,23-34,36-41,69H2,1-5H3/t42-,46+,47+,49-,50-,51-,53-,56-,57-,58-,59-,60+,61+,62-,64-,66-,67+,68+/m0/s1. The Hall–Kier alpha value is -2.97. The van der Waals surface area contributed by atoms with Crippen molar-refractivity contribution in [3.63, 3.8) is 0 Å². The summed E-state index contributed by atoms with van der Waals surface area (Å²) in [6.07, 6.45) is 26.9. The Labute approximate surface area is 460 Å². The van der Waals surface area contributed by atoms with Gasteiger partial charge < -0.3 is 41.0 Å². The van der Waals surface area contributed by atoms with Crippen molar-refractivity contribution in [2.75, 3.05) is 19.8 Å². The minimum absolute atomic E-state index is 0.0176. The van der Waals surface area contributed by atoms with Crippen molar-refractivity contribution in [3.05, 3.63) is 70.1 Å². The molecule has 7 saturated carbocycles. The van der Waals surface area contributed by atoms with Crippen LogP contribution >= 0.6 is 0 Å². The molecular weight excluding hydrogens is 957 g/mol. The Kier molecular flexibility index (Phi) is 11.9. The number of nitrogens with one attached hydrogen (secondary N) is 1. The lowest BCUT2D eigenvalue weighted by atomic mass is 9.30. The van der Waals surface area contributed by atoms with E-state index in [9.17, 15) is 15.3 Å². The molecule has 3 aliphatic heterocycles. The lowest BCUT2D eigenvalue weighted by molar-refractivity contribution is -0.246. The summed E-state index contributed by atoms with van der Waals surface area (Å²) in [5.74, 6) is 9.24. The number of hydrogen-bond donors (Lipinski definition) is 6. The Morgan fingerprint density at radius 1 is 0.922 bits per heavy atom. The molecule has 14 rings (SSSR count). The number of aryl methyl sites for hydroxylation is 1. The zero-order valence-electron chi connectivity index (χ0n) is 47.6. The smallest absolute Gasteiger partial charge is 0.163 e. The van der Waals surface area contributed by atoms with Gasteiger partial charge in [0.25, 0.3) is 0 Å². The van der Waals surface area contributed by atoms with Crippen LogP contribution in [0.25, 0.3) is 0 Å². The molecule has 9 heteroatoms. The second-order valence-electron chi connectivity index (χ2n) is 30.4. The number of dihydropyridines is 1. The van der Waals surface area contributed by atoms with Gasteiger partial charge in [-0.2, -0.15) is 0 Å². The van der Waals surface area contributed by atoms with E-state index in [0.717, 1.165) is 107 Å². The average Bonchev–Trinajstić information content (AvgIpc) is 3.10. The van der Waals surface area contributed by atoms with E-state index < -0.39 is 56.8 Å². The van der Waals surface area contributed by atoms with Crippen molar-refractivity contribution < 1.29 is 34.7 Å². The maximum Gasteiger partial charge on any atom is 0.163 e. The minimum Gasteiger partial charge on any atom is -0.396 e. The lowest BCUT2D eigenvalue weighted by Gasteiger charge is -2.73. The molecule has 3 heterocycles. The SMILES string of the molecule is C[C@H]1CCO[C@]([C@H]2C[C@H]3CCC4=C5[C@@H]6[C@H](CCc7ccccc7CC#C[C@H]7[C@@]8(CCC9(CCCC9)C8)CC[C@]78C[C@H](O)C7(CCCC7)[C@@H](C4=O)[C@@]68C)C[C@@]2(C)[C@]53O)([C@H]2O[C@@H]2[C@](C)(O)[C@](C)(CO)CCC2=CCNC(N)=C2)C1. The van der Waals surface area contributed by atoms with E-state index in [2.05, 4.69) is 68.3 Å². The van der Waals surface area contributed by atoms with Gasteiger partial charge in [0.05, 0.1) is 29.7 Å². The van der Waals surface area contributed by atoms with Gasteiger partial charge in [-0.1, -0.05) is 95.6 Å². The van der Waals surface area contributed by atoms with Crippen molar-refractivity contribution in [1.82, 2.24) is 5.32 Å². The van der Waals surface area contributed by atoms with E-state index in [0.29, 0.717) is 56.0 Å². The Morgan fingerprint density at radius 3 is 2.43 bits per heavy atom. The molecule has 2 saturated heterocycles. The number of aliphatic hydroxyl groups is 4.